The fourth-order valence-corrected chi connectivity index (χ4v) is 1.56. The zero-order chi connectivity index (χ0) is 9.78. The van der Waals surface area contributed by atoms with Crippen LogP contribution in [0.15, 0.2) is 0 Å². The molecule has 0 heteroatoms. The van der Waals surface area contributed by atoms with Crippen LogP contribution in [0.4, 0.5) is 0 Å². The van der Waals surface area contributed by atoms with E-state index in [1.54, 1.807) is 0 Å². The molecule has 0 aromatic rings. The van der Waals surface area contributed by atoms with E-state index in [0.29, 0.717) is 0 Å². The molecule has 0 aromatic heterocycles. The highest BCUT2D eigenvalue weighted by Gasteiger charge is 1.91. The molecule has 0 aliphatic carbocycles. The van der Waals surface area contributed by atoms with Gasteiger partial charge in [0.25, 0.3) is 0 Å². The van der Waals surface area contributed by atoms with E-state index in [1.807, 2.05) is 0 Å². The second-order valence-corrected chi connectivity index (χ2v) is 3.82. The molecule has 0 bridgehead atoms. The zero-order valence-corrected chi connectivity index (χ0v) is 9.06. The van der Waals surface area contributed by atoms with Gasteiger partial charge in [0.15, 0.2) is 0 Å². The molecule has 0 heterocycles. The molecule has 0 aliphatic rings. The number of hydrogen-bond donors (Lipinski definition) is 0. The molecule has 0 atom stereocenters. The largest absolute Gasteiger partial charge is 0.0533 e. The highest BCUT2D eigenvalue weighted by Crippen LogP contribution is 2.10. The van der Waals surface area contributed by atoms with E-state index in [1.165, 1.54) is 57.8 Å². The smallest absolute Gasteiger partial charge is 0.0352 e. The van der Waals surface area contributed by atoms with Gasteiger partial charge < -0.3 is 0 Å². The first-order valence-electron chi connectivity index (χ1n) is 5.91. The monoisotopic (exact) mass is 181 g/mol. The van der Waals surface area contributed by atoms with Gasteiger partial charge in [0.2, 0.25) is 0 Å². The summed E-state index contributed by atoms with van der Waals surface area (Å²) in [5.41, 5.74) is 0. The van der Waals surface area contributed by atoms with Crippen LogP contribution in [0.1, 0.15) is 70.6 Å². The summed E-state index contributed by atoms with van der Waals surface area (Å²) in [7, 11) is 0. The molecule has 0 unspecified atom stereocenters. The molecule has 77 valence electrons. The van der Waals surface area contributed by atoms with Crippen LogP contribution in [0.5, 0.6) is 0 Å². The fraction of sp³-hybridized carbons (Fsp3) is 0.846. The minimum absolute atomic E-state index is 0.865. The topological polar surface area (TPSA) is 0 Å². The van der Waals surface area contributed by atoms with Gasteiger partial charge in [0, 0.05) is 0 Å². The van der Waals surface area contributed by atoms with E-state index in [2.05, 4.69) is 6.92 Å². The Labute approximate surface area is 85.1 Å². The molecule has 0 aliphatic heterocycles. The first-order valence-corrected chi connectivity index (χ1v) is 5.91. The lowest BCUT2D eigenvalue weighted by atomic mass is 10.1. The predicted molar refractivity (Wildman–Crippen MR) is 60.4 cm³/mol. The Kier molecular flexibility index (Phi) is 12.0. The Morgan fingerprint density at radius 1 is 0.615 bits per heavy atom. The van der Waals surface area contributed by atoms with Gasteiger partial charge in [-0.15, -0.1) is 0 Å². The molecule has 0 saturated carbocycles. The molecular weight excluding hydrogens is 156 g/mol. The molecule has 0 amide bonds. The van der Waals surface area contributed by atoms with Gasteiger partial charge in [0.1, 0.15) is 0 Å². The van der Waals surface area contributed by atoms with Crippen molar-refractivity contribution in [2.45, 2.75) is 70.6 Å². The SMILES string of the molecule is [CH]CCCCCCCCCCC[CH2]. The Morgan fingerprint density at radius 3 is 1.38 bits per heavy atom. The van der Waals surface area contributed by atoms with Crippen molar-refractivity contribution in [2.75, 3.05) is 0 Å². The third-order valence-corrected chi connectivity index (χ3v) is 2.45. The summed E-state index contributed by atoms with van der Waals surface area (Å²) in [4.78, 5) is 0. The normalized spacial score (nSPS) is 10.6. The Balaban J connectivity index is 2.76. The summed E-state index contributed by atoms with van der Waals surface area (Å²) < 4.78 is 0. The fourth-order valence-electron chi connectivity index (χ4n) is 1.56. The molecule has 0 nitrogen and oxygen atoms in total. The lowest BCUT2D eigenvalue weighted by Crippen LogP contribution is -1.81. The number of rotatable bonds is 10. The summed E-state index contributed by atoms with van der Waals surface area (Å²) in [6.45, 7) is 9.26. The Hall–Kier alpha value is 0. The lowest BCUT2D eigenvalue weighted by Gasteiger charge is -2.00. The van der Waals surface area contributed by atoms with Crippen LogP contribution >= 0.6 is 0 Å². The highest BCUT2D eigenvalue weighted by molar-refractivity contribution is 4.49. The molecule has 0 aromatic carbocycles. The lowest BCUT2D eigenvalue weighted by molar-refractivity contribution is 0.561. The van der Waals surface area contributed by atoms with Crippen LogP contribution in [-0.2, 0) is 0 Å². The van der Waals surface area contributed by atoms with Gasteiger partial charge in [-0.3, -0.25) is 0 Å². The van der Waals surface area contributed by atoms with Gasteiger partial charge in [-0.2, -0.15) is 0 Å². The molecule has 0 fully saturated rings. The van der Waals surface area contributed by atoms with Gasteiger partial charge in [0.05, 0.1) is 0 Å². The molecule has 0 saturated heterocycles. The van der Waals surface area contributed by atoms with Crippen LogP contribution in [0.3, 0.4) is 0 Å². The van der Waals surface area contributed by atoms with Crippen LogP contribution in [0, 0.1) is 13.8 Å². The van der Waals surface area contributed by atoms with E-state index < -0.39 is 0 Å². The minimum Gasteiger partial charge on any atom is -0.0533 e. The predicted octanol–water partition coefficient (Wildman–Crippen LogP) is 4.82. The van der Waals surface area contributed by atoms with Crippen LogP contribution in [0.2, 0.25) is 0 Å². The van der Waals surface area contributed by atoms with Crippen LogP contribution in [0.25, 0.3) is 0 Å². The van der Waals surface area contributed by atoms with Crippen molar-refractivity contribution in [1.29, 1.82) is 0 Å². The van der Waals surface area contributed by atoms with Crippen molar-refractivity contribution in [3.63, 3.8) is 0 Å². The van der Waals surface area contributed by atoms with E-state index >= 15 is 0 Å². The molecule has 13 heavy (non-hydrogen) atoms. The van der Waals surface area contributed by atoms with Gasteiger partial charge >= 0.3 is 0 Å². The van der Waals surface area contributed by atoms with E-state index in [4.69, 9.17) is 6.92 Å². The average molecular weight is 181 g/mol. The van der Waals surface area contributed by atoms with E-state index in [-0.39, 0.29) is 0 Å². The Bertz CT molecular complexity index is 66.1. The summed E-state index contributed by atoms with van der Waals surface area (Å²) in [6, 6.07) is 0. The molecule has 0 spiro atoms. The van der Waals surface area contributed by atoms with Crippen molar-refractivity contribution < 1.29 is 0 Å². The number of hydrogen-bond acceptors (Lipinski definition) is 0. The van der Waals surface area contributed by atoms with Crippen molar-refractivity contribution >= 4 is 0 Å². The van der Waals surface area contributed by atoms with Gasteiger partial charge in [-0.1, -0.05) is 71.1 Å². The third kappa shape index (κ3) is 12.0. The van der Waals surface area contributed by atoms with Gasteiger partial charge in [-0.05, 0) is 13.3 Å². The second-order valence-electron chi connectivity index (χ2n) is 3.82. The van der Waals surface area contributed by atoms with Crippen molar-refractivity contribution in [1.82, 2.24) is 0 Å². The highest BCUT2D eigenvalue weighted by atomic mass is 14.0. The number of unbranched alkanes of at least 4 members (excludes halogenated alkanes) is 10. The maximum absolute atomic E-state index is 5.42. The van der Waals surface area contributed by atoms with Crippen molar-refractivity contribution in [3.8, 4) is 0 Å². The summed E-state index contributed by atoms with van der Waals surface area (Å²) >= 11 is 0. The first-order chi connectivity index (χ1) is 6.41. The van der Waals surface area contributed by atoms with E-state index in [9.17, 15) is 0 Å². The first kappa shape index (κ1) is 13.0. The average Bonchev–Trinajstić information content (AvgIpc) is 2.16. The molecular formula is C13H25. The molecule has 0 rings (SSSR count). The summed E-state index contributed by atoms with van der Waals surface area (Å²) in [6.07, 6.45) is 14.2. The van der Waals surface area contributed by atoms with Crippen molar-refractivity contribution in [2.24, 2.45) is 0 Å². The summed E-state index contributed by atoms with van der Waals surface area (Å²) in [5, 5.41) is 0. The Morgan fingerprint density at radius 2 is 1.00 bits per heavy atom. The third-order valence-electron chi connectivity index (χ3n) is 2.45. The van der Waals surface area contributed by atoms with Crippen LogP contribution in [-0.4, -0.2) is 0 Å². The standard InChI is InChI=1S/C13H25/c1-3-5-7-9-11-13-12-10-8-6-4-2/h1H,2-13H2. The van der Waals surface area contributed by atoms with Crippen molar-refractivity contribution in [3.05, 3.63) is 13.8 Å². The zero-order valence-electron chi connectivity index (χ0n) is 9.06. The van der Waals surface area contributed by atoms with E-state index in [0.717, 1.165) is 12.8 Å². The quantitative estimate of drug-likeness (QED) is 0.424. The van der Waals surface area contributed by atoms with Gasteiger partial charge in [-0.25, -0.2) is 0 Å². The summed E-state index contributed by atoms with van der Waals surface area (Å²) in [5.74, 6) is 0. The maximum Gasteiger partial charge on any atom is -0.0352 e. The molecule has 0 N–H and O–H groups in total. The second kappa shape index (κ2) is 12.0. The molecule has 3 radical (unpaired) electrons. The maximum atomic E-state index is 5.42. The minimum atomic E-state index is 0.865. The van der Waals surface area contributed by atoms with Crippen LogP contribution < -0.4 is 0 Å².